The van der Waals surface area contributed by atoms with E-state index in [1.807, 2.05) is 24.3 Å². The highest BCUT2D eigenvalue weighted by Crippen LogP contribution is 2.38. The number of carbonyl (C=O) groups is 1. The molecule has 136 valence electrons. The molecule has 1 fully saturated rings. The van der Waals surface area contributed by atoms with Crippen molar-refractivity contribution >= 4 is 17.4 Å². The SMILES string of the molecule is CN1CCN(C2=Nc3cc(C(N)=O)ccc3Oc3ccccc32)CC1.O. The molecule has 1 saturated heterocycles. The molecule has 2 aliphatic rings. The van der Waals surface area contributed by atoms with Crippen molar-refractivity contribution in [1.82, 2.24) is 9.80 Å². The number of primary amides is 1. The van der Waals surface area contributed by atoms with Gasteiger partial charge in [0.25, 0.3) is 0 Å². The summed E-state index contributed by atoms with van der Waals surface area (Å²) in [5.74, 6) is 1.80. The molecule has 1 amide bonds. The molecule has 0 unspecified atom stereocenters. The number of likely N-dealkylation sites (N-methyl/N-ethyl adjacent to an activating group) is 1. The zero-order valence-corrected chi connectivity index (χ0v) is 14.6. The number of para-hydroxylation sites is 1. The van der Waals surface area contributed by atoms with E-state index in [-0.39, 0.29) is 5.48 Å². The zero-order valence-electron chi connectivity index (χ0n) is 14.6. The number of rotatable bonds is 1. The van der Waals surface area contributed by atoms with Gasteiger partial charge < -0.3 is 25.7 Å². The Morgan fingerprint density at radius 3 is 2.54 bits per heavy atom. The van der Waals surface area contributed by atoms with Gasteiger partial charge in [-0.3, -0.25) is 4.79 Å². The van der Waals surface area contributed by atoms with Gasteiger partial charge in [0.2, 0.25) is 5.91 Å². The molecule has 2 aromatic carbocycles. The molecule has 2 aromatic rings. The number of benzene rings is 2. The third kappa shape index (κ3) is 3.26. The number of piperazine rings is 1. The number of ether oxygens (including phenoxy) is 1. The second kappa shape index (κ2) is 7.15. The third-order valence-corrected chi connectivity index (χ3v) is 4.62. The number of hydrogen-bond donors (Lipinski definition) is 1. The van der Waals surface area contributed by atoms with Crippen molar-refractivity contribution in [2.75, 3.05) is 33.2 Å². The van der Waals surface area contributed by atoms with E-state index in [1.54, 1.807) is 18.2 Å². The first-order valence-corrected chi connectivity index (χ1v) is 8.35. The van der Waals surface area contributed by atoms with Crippen LogP contribution in [0.4, 0.5) is 5.69 Å². The van der Waals surface area contributed by atoms with Gasteiger partial charge in [-0.15, -0.1) is 0 Å². The molecular weight excluding hydrogens is 332 g/mol. The number of carbonyl (C=O) groups excluding carboxylic acids is 1. The van der Waals surface area contributed by atoms with Gasteiger partial charge in [-0.2, -0.15) is 0 Å². The lowest BCUT2D eigenvalue weighted by Gasteiger charge is -2.34. The minimum absolute atomic E-state index is 0. The third-order valence-electron chi connectivity index (χ3n) is 4.62. The number of nitrogens with two attached hydrogens (primary N) is 1. The summed E-state index contributed by atoms with van der Waals surface area (Å²) < 4.78 is 6.08. The van der Waals surface area contributed by atoms with E-state index in [4.69, 9.17) is 15.5 Å². The molecule has 0 aliphatic carbocycles. The molecule has 26 heavy (non-hydrogen) atoms. The largest absolute Gasteiger partial charge is 0.454 e. The van der Waals surface area contributed by atoms with Crippen LogP contribution in [0.15, 0.2) is 47.5 Å². The monoisotopic (exact) mass is 354 g/mol. The Morgan fingerprint density at radius 1 is 1.08 bits per heavy atom. The molecule has 2 heterocycles. The summed E-state index contributed by atoms with van der Waals surface area (Å²) in [4.78, 5) is 21.0. The first kappa shape index (κ1) is 17.9. The van der Waals surface area contributed by atoms with Gasteiger partial charge in [0, 0.05) is 31.7 Å². The lowest BCUT2D eigenvalue weighted by Crippen LogP contribution is -2.47. The molecule has 0 saturated carbocycles. The minimum Gasteiger partial charge on any atom is -0.454 e. The molecule has 2 aliphatic heterocycles. The van der Waals surface area contributed by atoms with Gasteiger partial charge in [-0.25, -0.2) is 4.99 Å². The molecule has 0 atom stereocenters. The van der Waals surface area contributed by atoms with Crippen LogP contribution in [0.5, 0.6) is 11.5 Å². The fourth-order valence-electron chi connectivity index (χ4n) is 3.14. The van der Waals surface area contributed by atoms with Crippen molar-refractivity contribution in [3.8, 4) is 11.5 Å². The highest BCUT2D eigenvalue weighted by molar-refractivity contribution is 6.04. The van der Waals surface area contributed by atoms with E-state index in [1.165, 1.54) is 0 Å². The van der Waals surface area contributed by atoms with Crippen molar-refractivity contribution in [2.24, 2.45) is 10.7 Å². The zero-order chi connectivity index (χ0) is 17.4. The summed E-state index contributed by atoms with van der Waals surface area (Å²) >= 11 is 0. The molecule has 7 heteroatoms. The van der Waals surface area contributed by atoms with Crippen molar-refractivity contribution in [1.29, 1.82) is 0 Å². The smallest absolute Gasteiger partial charge is 0.248 e. The van der Waals surface area contributed by atoms with E-state index in [2.05, 4.69) is 16.8 Å². The normalized spacial score (nSPS) is 16.3. The number of aliphatic imine (C=N–C) groups is 1. The summed E-state index contributed by atoms with van der Waals surface area (Å²) in [7, 11) is 2.12. The predicted octanol–water partition coefficient (Wildman–Crippen LogP) is 1.39. The van der Waals surface area contributed by atoms with Gasteiger partial charge >= 0.3 is 0 Å². The Hall–Kier alpha value is -2.90. The average molecular weight is 354 g/mol. The van der Waals surface area contributed by atoms with Crippen LogP contribution < -0.4 is 10.5 Å². The fraction of sp³-hybridized carbons (Fsp3) is 0.263. The first-order chi connectivity index (χ1) is 12.1. The standard InChI is InChI=1S/C19H20N4O2.H2O/c1-22-8-10-23(11-9-22)19-14-4-2-3-5-16(14)25-17-7-6-13(18(20)24)12-15(17)21-19;/h2-7,12H,8-11H2,1H3,(H2,20,24);1H2. The van der Waals surface area contributed by atoms with Crippen molar-refractivity contribution in [3.63, 3.8) is 0 Å². The van der Waals surface area contributed by atoms with E-state index >= 15 is 0 Å². The molecule has 0 bridgehead atoms. The van der Waals surface area contributed by atoms with Crippen molar-refractivity contribution < 1.29 is 15.0 Å². The maximum absolute atomic E-state index is 11.5. The minimum atomic E-state index is -0.471. The summed E-state index contributed by atoms with van der Waals surface area (Å²) in [6.07, 6.45) is 0. The van der Waals surface area contributed by atoms with Crippen LogP contribution in [-0.4, -0.2) is 60.2 Å². The molecule has 4 N–H and O–H groups in total. The maximum Gasteiger partial charge on any atom is 0.248 e. The number of hydrogen-bond acceptors (Lipinski definition) is 5. The Kier molecular flexibility index (Phi) is 4.92. The molecule has 0 radical (unpaired) electrons. The van der Waals surface area contributed by atoms with Crippen LogP contribution in [0.2, 0.25) is 0 Å². The number of amidine groups is 1. The fourth-order valence-corrected chi connectivity index (χ4v) is 3.14. The summed E-state index contributed by atoms with van der Waals surface area (Å²) in [6.45, 7) is 3.76. The Balaban J connectivity index is 0.00000196. The van der Waals surface area contributed by atoms with Crippen LogP contribution in [-0.2, 0) is 0 Å². The lowest BCUT2D eigenvalue weighted by molar-refractivity contribution is 0.100. The molecule has 0 spiro atoms. The summed E-state index contributed by atoms with van der Waals surface area (Å²) in [6, 6.07) is 13.0. The Morgan fingerprint density at radius 2 is 1.81 bits per heavy atom. The van der Waals surface area contributed by atoms with Crippen LogP contribution >= 0.6 is 0 Å². The molecular formula is C19H22N4O3. The second-order valence-electron chi connectivity index (χ2n) is 6.37. The number of nitrogens with zero attached hydrogens (tertiary/aromatic N) is 3. The Labute approximate surface area is 152 Å². The summed E-state index contributed by atoms with van der Waals surface area (Å²) in [5.41, 5.74) is 7.43. The van der Waals surface area contributed by atoms with Crippen molar-refractivity contribution in [2.45, 2.75) is 0 Å². The molecule has 7 nitrogen and oxygen atoms in total. The lowest BCUT2D eigenvalue weighted by atomic mass is 10.1. The van der Waals surface area contributed by atoms with E-state index in [9.17, 15) is 4.79 Å². The highest BCUT2D eigenvalue weighted by atomic mass is 16.5. The van der Waals surface area contributed by atoms with Gasteiger partial charge in [0.05, 0.1) is 5.56 Å². The highest BCUT2D eigenvalue weighted by Gasteiger charge is 2.25. The second-order valence-corrected chi connectivity index (χ2v) is 6.37. The van der Waals surface area contributed by atoms with E-state index < -0.39 is 5.91 Å². The van der Waals surface area contributed by atoms with E-state index in [0.717, 1.165) is 43.3 Å². The van der Waals surface area contributed by atoms with Crippen molar-refractivity contribution in [3.05, 3.63) is 53.6 Å². The van der Waals surface area contributed by atoms with Crippen LogP contribution in [0.3, 0.4) is 0 Å². The maximum atomic E-state index is 11.5. The van der Waals surface area contributed by atoms with Gasteiger partial charge in [0.1, 0.15) is 17.3 Å². The van der Waals surface area contributed by atoms with Gasteiger partial charge in [0.15, 0.2) is 5.75 Å². The molecule has 0 aromatic heterocycles. The number of fused-ring (bicyclic) bond motifs is 2. The number of amides is 1. The predicted molar refractivity (Wildman–Crippen MR) is 100 cm³/mol. The van der Waals surface area contributed by atoms with Crippen LogP contribution in [0.25, 0.3) is 0 Å². The molecule has 4 rings (SSSR count). The van der Waals surface area contributed by atoms with E-state index in [0.29, 0.717) is 17.0 Å². The summed E-state index contributed by atoms with van der Waals surface area (Å²) in [5, 5.41) is 0. The topological polar surface area (TPSA) is 103 Å². The Bertz CT molecular complexity index is 858. The van der Waals surface area contributed by atoms with Crippen LogP contribution in [0, 0.1) is 0 Å². The average Bonchev–Trinajstić information content (AvgIpc) is 2.78. The quantitative estimate of drug-likeness (QED) is 0.836. The van der Waals surface area contributed by atoms with Crippen LogP contribution in [0.1, 0.15) is 15.9 Å². The first-order valence-electron chi connectivity index (χ1n) is 8.35. The van der Waals surface area contributed by atoms with Gasteiger partial charge in [-0.05, 0) is 37.4 Å². The van der Waals surface area contributed by atoms with Gasteiger partial charge in [-0.1, -0.05) is 12.1 Å².